The topological polar surface area (TPSA) is 120 Å². The molecule has 8 heteroatoms. The summed E-state index contributed by atoms with van der Waals surface area (Å²) < 4.78 is 9.78. The molecule has 0 fully saturated rings. The summed E-state index contributed by atoms with van der Waals surface area (Å²) in [4.78, 5) is 27.6. The van der Waals surface area contributed by atoms with Crippen molar-refractivity contribution in [3.63, 3.8) is 0 Å². The minimum absolute atomic E-state index is 0.0318. The first-order valence-electron chi connectivity index (χ1n) is 7.47. The molecule has 0 aliphatic carbocycles. The van der Waals surface area contributed by atoms with Crippen molar-refractivity contribution in [2.75, 3.05) is 7.11 Å². The summed E-state index contributed by atoms with van der Waals surface area (Å²) in [5.74, 6) is -0.131. The Morgan fingerprint density at radius 2 is 2.12 bits per heavy atom. The standard InChI is InChI=1S/C16H20N4O4/c1-9(2)13(17)15(21)18-8-12-19-14(20-24-12)10-5-4-6-11(7-10)16(22)23-3/h4-7,9,13H,8,17H2,1-3H3,(H,18,21)/t13-/m0/s1. The van der Waals surface area contributed by atoms with Crippen molar-refractivity contribution in [3.8, 4) is 11.4 Å². The van der Waals surface area contributed by atoms with E-state index >= 15 is 0 Å². The van der Waals surface area contributed by atoms with Gasteiger partial charge in [-0.2, -0.15) is 4.98 Å². The first-order valence-corrected chi connectivity index (χ1v) is 7.47. The number of carbonyl (C=O) groups is 2. The minimum Gasteiger partial charge on any atom is -0.465 e. The van der Waals surface area contributed by atoms with E-state index in [1.54, 1.807) is 24.3 Å². The number of nitrogens with two attached hydrogens (primary N) is 1. The number of hydrogen-bond acceptors (Lipinski definition) is 7. The van der Waals surface area contributed by atoms with Crippen LogP contribution in [0.5, 0.6) is 0 Å². The van der Waals surface area contributed by atoms with E-state index in [2.05, 4.69) is 20.2 Å². The van der Waals surface area contributed by atoms with Crippen molar-refractivity contribution in [3.05, 3.63) is 35.7 Å². The molecular weight excluding hydrogens is 312 g/mol. The van der Waals surface area contributed by atoms with Gasteiger partial charge >= 0.3 is 5.97 Å². The van der Waals surface area contributed by atoms with Crippen LogP contribution in [0.3, 0.4) is 0 Å². The molecule has 2 aromatic rings. The van der Waals surface area contributed by atoms with Gasteiger partial charge in [-0.1, -0.05) is 31.1 Å². The predicted molar refractivity (Wildman–Crippen MR) is 85.7 cm³/mol. The molecule has 0 bridgehead atoms. The maximum Gasteiger partial charge on any atom is 0.337 e. The van der Waals surface area contributed by atoms with Crippen LogP contribution in [0, 0.1) is 5.92 Å². The third-order valence-corrected chi connectivity index (χ3v) is 3.44. The second kappa shape index (κ2) is 7.69. The number of benzene rings is 1. The van der Waals surface area contributed by atoms with Gasteiger partial charge in [0.1, 0.15) is 0 Å². The molecule has 128 valence electrons. The van der Waals surface area contributed by atoms with Crippen LogP contribution in [-0.4, -0.2) is 35.2 Å². The number of aromatic nitrogens is 2. The summed E-state index contributed by atoms with van der Waals surface area (Å²) in [6.07, 6.45) is 0. The van der Waals surface area contributed by atoms with Gasteiger partial charge in [-0.25, -0.2) is 4.79 Å². The van der Waals surface area contributed by atoms with E-state index in [9.17, 15) is 9.59 Å². The summed E-state index contributed by atoms with van der Waals surface area (Å²) >= 11 is 0. The molecule has 1 aromatic carbocycles. The Balaban J connectivity index is 2.06. The normalized spacial score (nSPS) is 12.0. The first-order chi connectivity index (χ1) is 11.4. The molecule has 8 nitrogen and oxygen atoms in total. The average Bonchev–Trinajstić information content (AvgIpc) is 3.07. The molecule has 0 saturated heterocycles. The molecule has 0 aliphatic rings. The zero-order valence-electron chi connectivity index (χ0n) is 13.8. The Morgan fingerprint density at radius 3 is 2.79 bits per heavy atom. The quantitative estimate of drug-likeness (QED) is 0.760. The highest BCUT2D eigenvalue weighted by Crippen LogP contribution is 2.17. The van der Waals surface area contributed by atoms with E-state index in [4.69, 9.17) is 10.3 Å². The molecule has 0 spiro atoms. The Kier molecular flexibility index (Phi) is 5.64. The van der Waals surface area contributed by atoms with Crippen LogP contribution in [0.1, 0.15) is 30.1 Å². The van der Waals surface area contributed by atoms with E-state index in [1.165, 1.54) is 7.11 Å². The van der Waals surface area contributed by atoms with Crippen LogP contribution in [0.2, 0.25) is 0 Å². The number of esters is 1. The summed E-state index contributed by atoms with van der Waals surface area (Å²) in [5.41, 5.74) is 6.75. The zero-order chi connectivity index (χ0) is 17.7. The highest BCUT2D eigenvalue weighted by molar-refractivity contribution is 5.90. The fourth-order valence-corrected chi connectivity index (χ4v) is 1.93. The van der Waals surface area contributed by atoms with Crippen LogP contribution < -0.4 is 11.1 Å². The third-order valence-electron chi connectivity index (χ3n) is 3.44. The van der Waals surface area contributed by atoms with Gasteiger partial charge in [0, 0.05) is 5.56 Å². The average molecular weight is 332 g/mol. The van der Waals surface area contributed by atoms with Gasteiger partial charge in [-0.3, -0.25) is 4.79 Å². The lowest BCUT2D eigenvalue weighted by Gasteiger charge is -2.14. The molecule has 0 aliphatic heterocycles. The fraction of sp³-hybridized carbons (Fsp3) is 0.375. The molecule has 3 N–H and O–H groups in total. The van der Waals surface area contributed by atoms with Crippen LogP contribution in [0.4, 0.5) is 0 Å². The van der Waals surface area contributed by atoms with Crippen molar-refractivity contribution < 1.29 is 18.8 Å². The van der Waals surface area contributed by atoms with Crippen molar-refractivity contribution in [1.29, 1.82) is 0 Å². The van der Waals surface area contributed by atoms with Gasteiger partial charge in [0.25, 0.3) is 0 Å². The molecule has 2 rings (SSSR count). The number of carbonyl (C=O) groups excluding carboxylic acids is 2. The summed E-state index contributed by atoms with van der Waals surface area (Å²) in [6.45, 7) is 3.82. The number of hydrogen-bond donors (Lipinski definition) is 2. The number of nitrogens with one attached hydrogen (secondary N) is 1. The molecule has 1 amide bonds. The largest absolute Gasteiger partial charge is 0.465 e. The summed E-state index contributed by atoms with van der Waals surface area (Å²) in [5, 5.41) is 6.50. The Labute approximate surface area is 139 Å². The lowest BCUT2D eigenvalue weighted by Crippen LogP contribution is -2.43. The van der Waals surface area contributed by atoms with Crippen molar-refractivity contribution in [1.82, 2.24) is 15.5 Å². The van der Waals surface area contributed by atoms with E-state index in [-0.39, 0.29) is 24.3 Å². The first kappa shape index (κ1) is 17.6. The van der Waals surface area contributed by atoms with Crippen LogP contribution in [-0.2, 0) is 16.1 Å². The molecule has 24 heavy (non-hydrogen) atoms. The lowest BCUT2D eigenvalue weighted by atomic mass is 10.1. The molecule has 0 unspecified atom stereocenters. The van der Waals surface area contributed by atoms with Crippen LogP contribution in [0.15, 0.2) is 28.8 Å². The SMILES string of the molecule is COC(=O)c1cccc(-c2noc(CNC(=O)[C@@H](N)C(C)C)n2)c1. The zero-order valence-corrected chi connectivity index (χ0v) is 13.8. The van der Waals surface area contributed by atoms with Gasteiger partial charge in [0.15, 0.2) is 0 Å². The molecule has 0 saturated carbocycles. The van der Waals surface area contributed by atoms with Crippen molar-refractivity contribution in [2.45, 2.75) is 26.4 Å². The third kappa shape index (κ3) is 4.17. The van der Waals surface area contributed by atoms with Crippen LogP contribution in [0.25, 0.3) is 11.4 Å². The monoisotopic (exact) mass is 332 g/mol. The lowest BCUT2D eigenvalue weighted by molar-refractivity contribution is -0.123. The van der Waals surface area contributed by atoms with E-state index in [0.29, 0.717) is 17.0 Å². The highest BCUT2D eigenvalue weighted by Gasteiger charge is 2.18. The maximum absolute atomic E-state index is 11.8. The van der Waals surface area contributed by atoms with E-state index in [0.717, 1.165) is 0 Å². The van der Waals surface area contributed by atoms with Crippen molar-refractivity contribution in [2.24, 2.45) is 11.7 Å². The highest BCUT2D eigenvalue weighted by atomic mass is 16.5. The molecule has 0 radical (unpaired) electrons. The summed E-state index contributed by atoms with van der Waals surface area (Å²) in [6, 6.07) is 6.08. The maximum atomic E-state index is 11.8. The Hall–Kier alpha value is -2.74. The van der Waals surface area contributed by atoms with Gasteiger partial charge in [0.2, 0.25) is 17.6 Å². The van der Waals surface area contributed by atoms with Crippen LogP contribution >= 0.6 is 0 Å². The second-order valence-electron chi connectivity index (χ2n) is 5.57. The summed E-state index contributed by atoms with van der Waals surface area (Å²) in [7, 11) is 1.31. The van der Waals surface area contributed by atoms with Gasteiger partial charge in [-0.05, 0) is 18.1 Å². The predicted octanol–water partition coefficient (Wildman–Crippen LogP) is 1.12. The Morgan fingerprint density at radius 1 is 1.38 bits per heavy atom. The van der Waals surface area contributed by atoms with E-state index < -0.39 is 12.0 Å². The number of methoxy groups -OCH3 is 1. The molecular formula is C16H20N4O4. The number of nitrogens with zero attached hydrogens (tertiary/aromatic N) is 2. The molecule has 1 heterocycles. The Bertz CT molecular complexity index is 726. The van der Waals surface area contributed by atoms with Gasteiger partial charge in [-0.15, -0.1) is 0 Å². The minimum atomic E-state index is -0.593. The fourth-order valence-electron chi connectivity index (χ4n) is 1.93. The van der Waals surface area contributed by atoms with E-state index in [1.807, 2.05) is 13.8 Å². The molecule has 1 aromatic heterocycles. The van der Waals surface area contributed by atoms with Crippen molar-refractivity contribution >= 4 is 11.9 Å². The number of ether oxygens (including phenoxy) is 1. The van der Waals surface area contributed by atoms with Gasteiger partial charge < -0.3 is 20.3 Å². The number of rotatable bonds is 6. The second-order valence-corrected chi connectivity index (χ2v) is 5.57. The smallest absolute Gasteiger partial charge is 0.337 e. The van der Waals surface area contributed by atoms with Gasteiger partial charge in [0.05, 0.1) is 25.3 Å². The molecule has 1 atom stereocenters. The number of amides is 1.